The Morgan fingerprint density at radius 2 is 1.96 bits per heavy atom. The summed E-state index contributed by atoms with van der Waals surface area (Å²) >= 11 is 0. The highest BCUT2D eigenvalue weighted by atomic mass is 19.4. The lowest BCUT2D eigenvalue weighted by Crippen LogP contribution is -2.29. The normalized spacial score (nSPS) is 12.9. The number of carbonyl (C=O) groups excluding carboxylic acids is 1. The number of alkyl halides is 3. The van der Waals surface area contributed by atoms with E-state index in [4.69, 9.17) is 5.11 Å². The van der Waals surface area contributed by atoms with Gasteiger partial charge in [0.05, 0.1) is 5.69 Å². The Kier molecular flexibility index (Phi) is 5.05. The van der Waals surface area contributed by atoms with Crippen LogP contribution in [0.5, 0.6) is 0 Å². The van der Waals surface area contributed by atoms with Crippen molar-refractivity contribution in [1.29, 1.82) is 0 Å². The van der Waals surface area contributed by atoms with Gasteiger partial charge in [0.1, 0.15) is 0 Å². The first kappa shape index (κ1) is 17.0. The Morgan fingerprint density at radius 3 is 2.48 bits per heavy atom. The third-order valence-electron chi connectivity index (χ3n) is 3.20. The molecule has 0 fully saturated rings. The smallest absolute Gasteiger partial charge is 0.396 e. The van der Waals surface area contributed by atoms with E-state index in [0.717, 1.165) is 10.7 Å². The summed E-state index contributed by atoms with van der Waals surface area (Å²) in [6.07, 6.45) is -3.28. The Balaban J connectivity index is 2.07. The minimum absolute atomic E-state index is 0.0277. The van der Waals surface area contributed by atoms with Crippen LogP contribution >= 0.6 is 0 Å². The van der Waals surface area contributed by atoms with Gasteiger partial charge in [-0.3, -0.25) is 4.79 Å². The molecule has 1 aromatic heterocycles. The van der Waals surface area contributed by atoms with Crippen molar-refractivity contribution in [2.75, 3.05) is 13.2 Å². The molecule has 5 nitrogen and oxygen atoms in total. The number of halogens is 3. The molecule has 0 bridgehead atoms. The molecule has 0 saturated heterocycles. The monoisotopic (exact) mass is 327 g/mol. The fourth-order valence-corrected chi connectivity index (χ4v) is 1.82. The Bertz CT molecular complexity index is 665. The fraction of sp³-hybridized carbons (Fsp3) is 0.333. The van der Waals surface area contributed by atoms with Gasteiger partial charge in [-0.15, -0.1) is 0 Å². The van der Waals surface area contributed by atoms with Crippen LogP contribution in [0.3, 0.4) is 0 Å². The number of hydrogen-bond acceptors (Lipinski definition) is 3. The molecule has 0 radical (unpaired) electrons. The molecule has 1 heterocycles. The van der Waals surface area contributed by atoms with Crippen LogP contribution in [0.2, 0.25) is 0 Å². The summed E-state index contributed by atoms with van der Waals surface area (Å²) in [5.41, 5.74) is -0.180. The van der Waals surface area contributed by atoms with E-state index >= 15 is 0 Å². The topological polar surface area (TPSA) is 67.2 Å². The molecule has 1 aromatic carbocycles. The number of carbonyl (C=O) groups is 1. The van der Waals surface area contributed by atoms with Crippen LogP contribution in [0.4, 0.5) is 13.2 Å². The predicted octanol–water partition coefficient (Wildman–Crippen LogP) is 2.25. The molecule has 1 unspecified atom stereocenters. The molecular weight excluding hydrogens is 311 g/mol. The number of amides is 1. The van der Waals surface area contributed by atoms with Crippen molar-refractivity contribution >= 4 is 5.91 Å². The molecule has 0 aliphatic carbocycles. The van der Waals surface area contributed by atoms with Crippen LogP contribution in [-0.4, -0.2) is 33.9 Å². The van der Waals surface area contributed by atoms with Gasteiger partial charge >= 0.3 is 6.18 Å². The molecule has 8 heteroatoms. The number of nitrogens with one attached hydrogen (secondary N) is 1. The van der Waals surface area contributed by atoms with Crippen molar-refractivity contribution in [2.24, 2.45) is 5.92 Å². The van der Waals surface area contributed by atoms with Crippen molar-refractivity contribution in [3.8, 4) is 5.69 Å². The highest BCUT2D eigenvalue weighted by molar-refractivity contribution is 5.94. The van der Waals surface area contributed by atoms with Gasteiger partial charge in [0.25, 0.3) is 5.91 Å². The highest BCUT2D eigenvalue weighted by Crippen LogP contribution is 2.27. The zero-order valence-electron chi connectivity index (χ0n) is 12.3. The Morgan fingerprint density at radius 1 is 1.30 bits per heavy atom. The van der Waals surface area contributed by atoms with Crippen LogP contribution in [-0.2, 0) is 6.18 Å². The summed E-state index contributed by atoms with van der Waals surface area (Å²) < 4.78 is 38.7. The zero-order chi connectivity index (χ0) is 17.0. The van der Waals surface area contributed by atoms with Crippen LogP contribution in [0.25, 0.3) is 5.69 Å². The van der Waals surface area contributed by atoms with Gasteiger partial charge in [0.15, 0.2) is 5.69 Å². The lowest BCUT2D eigenvalue weighted by atomic mass is 10.1. The van der Waals surface area contributed by atoms with Crippen LogP contribution < -0.4 is 5.32 Å². The van der Waals surface area contributed by atoms with Gasteiger partial charge in [-0.1, -0.05) is 6.92 Å². The third-order valence-corrected chi connectivity index (χ3v) is 3.20. The average Bonchev–Trinajstić information content (AvgIpc) is 3.02. The zero-order valence-corrected chi connectivity index (χ0v) is 12.3. The number of aromatic nitrogens is 2. The van der Waals surface area contributed by atoms with Crippen molar-refractivity contribution < 1.29 is 23.1 Å². The van der Waals surface area contributed by atoms with Gasteiger partial charge in [-0.25, -0.2) is 4.68 Å². The first-order valence-corrected chi connectivity index (χ1v) is 6.93. The summed E-state index contributed by atoms with van der Waals surface area (Å²) in [7, 11) is 0. The minimum Gasteiger partial charge on any atom is -0.396 e. The minimum atomic E-state index is -4.49. The molecule has 1 amide bonds. The number of nitrogens with zero attached hydrogens (tertiary/aromatic N) is 2. The third kappa shape index (κ3) is 4.32. The molecule has 2 aromatic rings. The van der Waals surface area contributed by atoms with Crippen molar-refractivity contribution in [3.05, 3.63) is 47.8 Å². The number of rotatable bonds is 5. The second-order valence-electron chi connectivity index (χ2n) is 5.19. The molecule has 2 rings (SSSR count). The second-order valence-corrected chi connectivity index (χ2v) is 5.19. The molecule has 124 valence electrons. The summed E-state index contributed by atoms with van der Waals surface area (Å²) in [5.74, 6) is -0.364. The number of aliphatic hydroxyl groups is 1. The quantitative estimate of drug-likeness (QED) is 0.885. The molecular formula is C15H16F3N3O2. The Labute approximate surface area is 130 Å². The van der Waals surface area contributed by atoms with E-state index in [1.54, 1.807) is 6.92 Å². The highest BCUT2D eigenvalue weighted by Gasteiger charge is 2.33. The van der Waals surface area contributed by atoms with E-state index in [9.17, 15) is 18.0 Å². The standard InChI is InChI=1S/C15H16F3N3O2/c1-10(9-22)8-19-14(23)11-2-4-12(5-3-11)21-7-6-13(20-21)15(16,17)18/h2-7,10,22H,8-9H2,1H3,(H,19,23). The maximum absolute atomic E-state index is 12.5. The first-order chi connectivity index (χ1) is 10.8. The van der Waals surface area contributed by atoms with E-state index in [1.807, 2.05) is 0 Å². The largest absolute Gasteiger partial charge is 0.435 e. The van der Waals surface area contributed by atoms with Crippen molar-refractivity contribution in [2.45, 2.75) is 13.1 Å². The molecule has 1 atom stereocenters. The molecule has 0 aliphatic heterocycles. The van der Waals surface area contributed by atoms with Crippen LogP contribution in [0.15, 0.2) is 36.5 Å². The molecule has 0 aliphatic rings. The van der Waals surface area contributed by atoms with Crippen molar-refractivity contribution in [1.82, 2.24) is 15.1 Å². The fourth-order valence-electron chi connectivity index (χ4n) is 1.82. The van der Waals surface area contributed by atoms with Gasteiger partial charge in [-0.05, 0) is 36.2 Å². The number of aliphatic hydroxyl groups excluding tert-OH is 1. The molecule has 0 saturated carbocycles. The molecule has 2 N–H and O–H groups in total. The second kappa shape index (κ2) is 6.82. The lowest BCUT2D eigenvalue weighted by molar-refractivity contribution is -0.141. The Hall–Kier alpha value is -2.35. The SMILES string of the molecule is CC(CO)CNC(=O)c1ccc(-n2ccc(C(F)(F)F)n2)cc1. The summed E-state index contributed by atoms with van der Waals surface area (Å²) in [6.45, 7) is 2.10. The van der Waals surface area contributed by atoms with Crippen molar-refractivity contribution in [3.63, 3.8) is 0 Å². The lowest BCUT2D eigenvalue weighted by Gasteiger charge is -2.10. The van der Waals surface area contributed by atoms with Crippen LogP contribution in [0.1, 0.15) is 23.0 Å². The number of hydrogen-bond donors (Lipinski definition) is 2. The first-order valence-electron chi connectivity index (χ1n) is 6.93. The van der Waals surface area contributed by atoms with E-state index in [0.29, 0.717) is 17.8 Å². The van der Waals surface area contributed by atoms with Gasteiger partial charge in [0.2, 0.25) is 0 Å². The van der Waals surface area contributed by atoms with E-state index in [1.165, 1.54) is 30.5 Å². The maximum Gasteiger partial charge on any atom is 0.435 e. The molecule has 0 spiro atoms. The van der Waals surface area contributed by atoms with E-state index < -0.39 is 11.9 Å². The molecule has 23 heavy (non-hydrogen) atoms. The van der Waals surface area contributed by atoms with E-state index in [2.05, 4.69) is 10.4 Å². The average molecular weight is 327 g/mol. The van der Waals surface area contributed by atoms with Gasteiger partial charge in [-0.2, -0.15) is 18.3 Å². The van der Waals surface area contributed by atoms with E-state index in [-0.39, 0.29) is 18.4 Å². The summed E-state index contributed by atoms with van der Waals surface area (Å²) in [5, 5.41) is 15.0. The maximum atomic E-state index is 12.5. The summed E-state index contributed by atoms with van der Waals surface area (Å²) in [6, 6.07) is 6.92. The summed E-state index contributed by atoms with van der Waals surface area (Å²) in [4.78, 5) is 11.9. The number of benzene rings is 1. The predicted molar refractivity (Wildman–Crippen MR) is 77.1 cm³/mol. The van der Waals surface area contributed by atoms with Gasteiger partial charge < -0.3 is 10.4 Å². The van der Waals surface area contributed by atoms with Crippen LogP contribution in [0, 0.1) is 5.92 Å². The van der Waals surface area contributed by atoms with Gasteiger partial charge in [0, 0.05) is 24.9 Å².